The lowest BCUT2D eigenvalue weighted by atomic mass is 10.2. The van der Waals surface area contributed by atoms with Gasteiger partial charge < -0.3 is 5.32 Å². The Morgan fingerprint density at radius 1 is 1.10 bits per heavy atom. The van der Waals surface area contributed by atoms with Crippen LogP contribution in [0.3, 0.4) is 0 Å². The number of aryl methyl sites for hydroxylation is 1. The molecule has 0 unspecified atom stereocenters. The molecule has 3 rings (SSSR count). The quantitative estimate of drug-likeness (QED) is 0.882. The molecule has 4 nitrogen and oxygen atoms in total. The molecule has 1 N–H and O–H groups in total. The van der Waals surface area contributed by atoms with Crippen molar-refractivity contribution in [1.82, 2.24) is 0 Å². The van der Waals surface area contributed by atoms with Crippen LogP contribution in [0.15, 0.2) is 62.7 Å². The fourth-order valence-corrected chi connectivity index (χ4v) is 4.22. The van der Waals surface area contributed by atoms with Gasteiger partial charge in [-0.1, -0.05) is 30.3 Å². The highest BCUT2D eigenvalue weighted by atomic mass is 32.2. The summed E-state index contributed by atoms with van der Waals surface area (Å²) in [5.74, 6) is 0.945. The fourth-order valence-electron chi connectivity index (χ4n) is 2.09. The molecule has 0 spiro atoms. The lowest BCUT2D eigenvalue weighted by Crippen LogP contribution is -2.23. The molecule has 0 aromatic heterocycles. The molecule has 1 heterocycles. The summed E-state index contributed by atoms with van der Waals surface area (Å²) >= 11 is 1.57. The highest BCUT2D eigenvalue weighted by Crippen LogP contribution is 2.29. The molecule has 0 saturated heterocycles. The Balaban J connectivity index is 1.83. The van der Waals surface area contributed by atoms with Gasteiger partial charge in [-0.25, -0.2) is 0 Å². The van der Waals surface area contributed by atoms with Crippen molar-refractivity contribution in [2.24, 2.45) is 4.40 Å². The Labute approximate surface area is 128 Å². The largest absolute Gasteiger partial charge is 0.341 e. The molecule has 2 aromatic rings. The van der Waals surface area contributed by atoms with Crippen LogP contribution in [0, 0.1) is 6.92 Å². The van der Waals surface area contributed by atoms with Crippen LogP contribution in [-0.2, 0) is 10.0 Å². The zero-order valence-corrected chi connectivity index (χ0v) is 13.0. The second kappa shape index (κ2) is 5.54. The number of hydrogen-bond acceptors (Lipinski definition) is 4. The van der Waals surface area contributed by atoms with Gasteiger partial charge in [0.25, 0.3) is 10.0 Å². The zero-order valence-electron chi connectivity index (χ0n) is 11.4. The Morgan fingerprint density at radius 2 is 1.81 bits per heavy atom. The second-order valence-corrected chi connectivity index (χ2v) is 7.28. The van der Waals surface area contributed by atoms with Crippen molar-refractivity contribution in [3.05, 3.63) is 54.1 Å². The molecule has 108 valence electrons. The number of benzene rings is 2. The molecule has 0 amide bonds. The molecule has 0 fully saturated rings. The molecule has 1 aliphatic heterocycles. The van der Waals surface area contributed by atoms with Crippen LogP contribution in [0.1, 0.15) is 5.56 Å². The van der Waals surface area contributed by atoms with Crippen molar-refractivity contribution in [1.29, 1.82) is 0 Å². The van der Waals surface area contributed by atoms with E-state index in [2.05, 4.69) is 9.71 Å². The van der Waals surface area contributed by atoms with Crippen molar-refractivity contribution in [3.63, 3.8) is 0 Å². The number of nitrogens with one attached hydrogen (secondary N) is 1. The summed E-state index contributed by atoms with van der Waals surface area (Å²) in [5.41, 5.74) is 1.76. The molecule has 2 aromatic carbocycles. The minimum Gasteiger partial charge on any atom is -0.341 e. The van der Waals surface area contributed by atoms with Gasteiger partial charge in [-0.15, -0.1) is 16.2 Å². The third kappa shape index (κ3) is 2.96. The average molecular weight is 318 g/mol. The van der Waals surface area contributed by atoms with E-state index in [-0.39, 0.29) is 4.90 Å². The molecular weight excluding hydrogens is 304 g/mol. The van der Waals surface area contributed by atoms with Crippen LogP contribution >= 0.6 is 11.8 Å². The van der Waals surface area contributed by atoms with Gasteiger partial charge in [-0.3, -0.25) is 0 Å². The van der Waals surface area contributed by atoms with Gasteiger partial charge in [0.2, 0.25) is 0 Å². The number of sulfonamides is 1. The molecular formula is C15H14N2O2S2. The van der Waals surface area contributed by atoms with Crippen LogP contribution in [0.25, 0.3) is 0 Å². The molecule has 0 bridgehead atoms. The van der Waals surface area contributed by atoms with Crippen LogP contribution in [0.2, 0.25) is 0 Å². The topological polar surface area (TPSA) is 58.5 Å². The number of hydrogen-bond donors (Lipinski definition) is 1. The van der Waals surface area contributed by atoms with E-state index in [0.717, 1.165) is 4.90 Å². The minimum atomic E-state index is -3.59. The van der Waals surface area contributed by atoms with Crippen molar-refractivity contribution < 1.29 is 8.42 Å². The van der Waals surface area contributed by atoms with Gasteiger partial charge in [-0.05, 0) is 30.7 Å². The van der Waals surface area contributed by atoms with E-state index in [1.165, 1.54) is 5.56 Å². The molecule has 21 heavy (non-hydrogen) atoms. The monoisotopic (exact) mass is 318 g/mol. The summed E-state index contributed by atoms with van der Waals surface area (Å²) in [6.07, 6.45) is 0. The molecule has 6 heteroatoms. The fraction of sp³-hybridized carbons (Fsp3) is 0.133. The maximum absolute atomic E-state index is 12.1. The molecule has 0 aliphatic carbocycles. The van der Waals surface area contributed by atoms with Crippen molar-refractivity contribution in [2.75, 3.05) is 11.1 Å². The van der Waals surface area contributed by atoms with Crippen LogP contribution in [0.4, 0.5) is 5.69 Å². The summed E-state index contributed by atoms with van der Waals surface area (Å²) in [6.45, 7) is 2.03. The van der Waals surface area contributed by atoms with E-state index < -0.39 is 10.0 Å². The highest BCUT2D eigenvalue weighted by Gasteiger charge is 2.24. The Bertz CT molecular complexity index is 814. The highest BCUT2D eigenvalue weighted by molar-refractivity contribution is 8.00. The SMILES string of the molecule is Cc1ccccc1SCC1=NS(=O)(=O)c2ccccc2N1. The zero-order chi connectivity index (χ0) is 14.9. The Kier molecular flexibility index (Phi) is 3.73. The maximum Gasteiger partial charge on any atom is 0.286 e. The summed E-state index contributed by atoms with van der Waals surface area (Å²) in [7, 11) is -3.59. The van der Waals surface area contributed by atoms with Gasteiger partial charge >= 0.3 is 0 Å². The number of thioether (sulfide) groups is 1. The third-order valence-electron chi connectivity index (χ3n) is 3.13. The van der Waals surface area contributed by atoms with Crippen molar-refractivity contribution >= 4 is 33.3 Å². The van der Waals surface area contributed by atoms with Crippen LogP contribution < -0.4 is 5.32 Å². The lowest BCUT2D eigenvalue weighted by Gasteiger charge is -2.17. The van der Waals surface area contributed by atoms with Gasteiger partial charge in [0.1, 0.15) is 10.7 Å². The average Bonchev–Trinajstić information content (AvgIpc) is 2.46. The predicted molar refractivity (Wildman–Crippen MR) is 86.6 cm³/mol. The Morgan fingerprint density at radius 3 is 2.62 bits per heavy atom. The van der Waals surface area contributed by atoms with Gasteiger partial charge in [0, 0.05) is 4.90 Å². The smallest absolute Gasteiger partial charge is 0.286 e. The number of amidine groups is 1. The minimum absolute atomic E-state index is 0.231. The number of rotatable bonds is 3. The van der Waals surface area contributed by atoms with Gasteiger partial charge in [0.05, 0.1) is 11.4 Å². The predicted octanol–water partition coefficient (Wildman–Crippen LogP) is 3.30. The van der Waals surface area contributed by atoms with Crippen LogP contribution in [0.5, 0.6) is 0 Å². The summed E-state index contributed by atoms with van der Waals surface area (Å²) in [5, 5.41) is 3.09. The first-order valence-electron chi connectivity index (χ1n) is 6.44. The summed E-state index contributed by atoms with van der Waals surface area (Å²) < 4.78 is 28.1. The summed E-state index contributed by atoms with van der Waals surface area (Å²) in [6, 6.07) is 14.8. The van der Waals surface area contributed by atoms with Gasteiger partial charge in [0.15, 0.2) is 0 Å². The van der Waals surface area contributed by atoms with E-state index in [1.807, 2.05) is 31.2 Å². The molecule has 0 saturated carbocycles. The molecule has 0 radical (unpaired) electrons. The lowest BCUT2D eigenvalue weighted by molar-refractivity contribution is 0.598. The number of anilines is 1. The summed E-state index contributed by atoms with van der Waals surface area (Å²) in [4.78, 5) is 1.35. The van der Waals surface area contributed by atoms with Gasteiger partial charge in [-0.2, -0.15) is 8.42 Å². The molecule has 1 aliphatic rings. The van der Waals surface area contributed by atoms with Crippen LogP contribution in [-0.4, -0.2) is 20.0 Å². The standard InChI is InChI=1S/C15H14N2O2S2/c1-11-6-2-4-8-13(11)20-10-15-16-12-7-3-5-9-14(12)21(18,19)17-15/h2-9H,10H2,1H3,(H,16,17). The van der Waals surface area contributed by atoms with E-state index in [0.29, 0.717) is 17.3 Å². The maximum atomic E-state index is 12.1. The van der Waals surface area contributed by atoms with E-state index in [1.54, 1.807) is 36.0 Å². The first-order chi connectivity index (χ1) is 10.1. The number of para-hydroxylation sites is 1. The van der Waals surface area contributed by atoms with Crippen molar-refractivity contribution in [3.8, 4) is 0 Å². The number of fused-ring (bicyclic) bond motifs is 1. The number of nitrogens with zero attached hydrogens (tertiary/aromatic N) is 1. The normalized spacial score (nSPS) is 15.8. The second-order valence-electron chi connectivity index (χ2n) is 4.69. The van der Waals surface area contributed by atoms with E-state index in [4.69, 9.17) is 0 Å². The Hall–Kier alpha value is -1.79. The van der Waals surface area contributed by atoms with Crippen molar-refractivity contribution in [2.45, 2.75) is 16.7 Å². The van der Waals surface area contributed by atoms with E-state index >= 15 is 0 Å². The first kappa shape index (κ1) is 14.2. The third-order valence-corrected chi connectivity index (χ3v) is 5.69. The first-order valence-corrected chi connectivity index (χ1v) is 8.87. The van der Waals surface area contributed by atoms with E-state index in [9.17, 15) is 8.42 Å². The molecule has 0 atom stereocenters.